The van der Waals surface area contributed by atoms with Crippen LogP contribution in [0.2, 0.25) is 0 Å². The van der Waals surface area contributed by atoms with Crippen molar-refractivity contribution in [1.29, 1.82) is 0 Å². The third-order valence-electron chi connectivity index (χ3n) is 5.24. The fraction of sp³-hybridized carbons (Fsp3) is 0.286. The van der Waals surface area contributed by atoms with Gasteiger partial charge >= 0.3 is 0 Å². The Morgan fingerprint density at radius 2 is 1.56 bits per heavy atom. The molecule has 1 saturated heterocycles. The first kappa shape index (κ1) is 23.2. The Bertz CT molecular complexity index is 1220. The number of benzene rings is 2. The summed E-state index contributed by atoms with van der Waals surface area (Å²) in [6.07, 6.45) is 4.93. The molecule has 2 amide bonds. The zero-order chi connectivity index (χ0) is 24.0. The van der Waals surface area contributed by atoms with Gasteiger partial charge in [0.15, 0.2) is 0 Å². The van der Waals surface area contributed by atoms with Crippen LogP contribution in [0.3, 0.4) is 0 Å². The predicted octanol–water partition coefficient (Wildman–Crippen LogP) is 0.855. The lowest BCUT2D eigenvalue weighted by atomic mass is 10.1. The summed E-state index contributed by atoms with van der Waals surface area (Å²) < 4.78 is 28.5. The summed E-state index contributed by atoms with van der Waals surface area (Å²) in [6, 6.07) is 13.3. The molecule has 178 valence electrons. The van der Waals surface area contributed by atoms with Crippen LogP contribution in [0.25, 0.3) is 5.69 Å². The standard InChI is InChI=1S/C21H24N8O4S/c30-20(23-24-21(31)16-4-8-19(9-5-16)29-15-22-26-27-29)14-34(32,33)25-17-6-10-18(11-7-17)28-12-2-1-3-13-28/h4-11,15,25H,1-3,12-14H2,(H,23,30)(H,24,31). The number of tetrazole rings is 1. The van der Waals surface area contributed by atoms with E-state index in [2.05, 4.69) is 36.0 Å². The van der Waals surface area contributed by atoms with E-state index in [0.717, 1.165) is 31.6 Å². The number of carbonyl (C=O) groups is 2. The van der Waals surface area contributed by atoms with Crippen LogP contribution in [0.5, 0.6) is 0 Å². The van der Waals surface area contributed by atoms with Crippen LogP contribution in [0.1, 0.15) is 29.6 Å². The highest BCUT2D eigenvalue weighted by atomic mass is 32.2. The molecule has 1 aliphatic rings. The number of aromatic nitrogens is 4. The number of nitrogens with one attached hydrogen (secondary N) is 3. The second-order valence-corrected chi connectivity index (χ2v) is 9.48. The van der Waals surface area contributed by atoms with Crippen LogP contribution in [0, 0.1) is 0 Å². The van der Waals surface area contributed by atoms with Gasteiger partial charge in [-0.3, -0.25) is 25.2 Å². The first-order valence-corrected chi connectivity index (χ1v) is 12.3. The second-order valence-electron chi connectivity index (χ2n) is 7.76. The molecule has 4 rings (SSSR count). The maximum absolute atomic E-state index is 12.3. The first-order chi connectivity index (χ1) is 16.4. The van der Waals surface area contributed by atoms with Gasteiger partial charge in [0.25, 0.3) is 11.8 Å². The number of piperidine rings is 1. The molecule has 2 heterocycles. The molecule has 1 fully saturated rings. The van der Waals surface area contributed by atoms with E-state index in [1.165, 1.54) is 29.6 Å². The second kappa shape index (κ2) is 10.3. The number of carbonyl (C=O) groups excluding carboxylic acids is 2. The molecule has 34 heavy (non-hydrogen) atoms. The van der Waals surface area contributed by atoms with Gasteiger partial charge in [-0.1, -0.05) is 0 Å². The Kier molecular flexibility index (Phi) is 7.01. The van der Waals surface area contributed by atoms with Crippen molar-refractivity contribution in [2.45, 2.75) is 19.3 Å². The van der Waals surface area contributed by atoms with Gasteiger partial charge in [0.2, 0.25) is 10.0 Å². The van der Waals surface area contributed by atoms with Crippen molar-refractivity contribution in [3.05, 3.63) is 60.4 Å². The molecular formula is C21H24N8O4S. The lowest BCUT2D eigenvalue weighted by Crippen LogP contribution is -2.44. The van der Waals surface area contributed by atoms with Crippen molar-refractivity contribution in [3.8, 4) is 5.69 Å². The molecule has 1 aromatic heterocycles. The van der Waals surface area contributed by atoms with Crippen LogP contribution in [-0.2, 0) is 14.8 Å². The number of amides is 2. The Morgan fingerprint density at radius 3 is 2.21 bits per heavy atom. The van der Waals surface area contributed by atoms with E-state index < -0.39 is 27.6 Å². The molecule has 0 spiro atoms. The maximum Gasteiger partial charge on any atom is 0.269 e. The van der Waals surface area contributed by atoms with Crippen molar-refractivity contribution in [3.63, 3.8) is 0 Å². The van der Waals surface area contributed by atoms with E-state index in [1.54, 1.807) is 24.3 Å². The highest BCUT2D eigenvalue weighted by molar-refractivity contribution is 7.93. The summed E-state index contributed by atoms with van der Waals surface area (Å²) in [5, 5.41) is 10.8. The molecule has 0 saturated carbocycles. The van der Waals surface area contributed by atoms with E-state index in [-0.39, 0.29) is 5.56 Å². The summed E-state index contributed by atoms with van der Waals surface area (Å²) >= 11 is 0. The summed E-state index contributed by atoms with van der Waals surface area (Å²) in [5.41, 5.74) is 6.61. The zero-order valence-corrected chi connectivity index (χ0v) is 19.0. The Hall–Kier alpha value is -4.00. The van der Waals surface area contributed by atoms with Crippen LogP contribution in [0.15, 0.2) is 54.9 Å². The van der Waals surface area contributed by atoms with Crippen LogP contribution < -0.4 is 20.5 Å². The topological polar surface area (TPSA) is 151 Å². The SMILES string of the molecule is O=C(CS(=O)(=O)Nc1ccc(N2CCCCC2)cc1)NNC(=O)c1ccc(-n2cnnn2)cc1. The average Bonchev–Trinajstić information content (AvgIpc) is 3.38. The van der Waals surface area contributed by atoms with E-state index in [0.29, 0.717) is 11.4 Å². The lowest BCUT2D eigenvalue weighted by molar-refractivity contribution is -0.119. The van der Waals surface area contributed by atoms with Crippen molar-refractivity contribution in [2.75, 3.05) is 28.5 Å². The van der Waals surface area contributed by atoms with E-state index in [9.17, 15) is 18.0 Å². The molecule has 0 aliphatic carbocycles. The fourth-order valence-electron chi connectivity index (χ4n) is 3.56. The van der Waals surface area contributed by atoms with Gasteiger partial charge in [0.05, 0.1) is 5.69 Å². The van der Waals surface area contributed by atoms with Gasteiger partial charge < -0.3 is 4.90 Å². The molecular weight excluding hydrogens is 460 g/mol. The predicted molar refractivity (Wildman–Crippen MR) is 125 cm³/mol. The lowest BCUT2D eigenvalue weighted by Gasteiger charge is -2.28. The molecule has 0 bridgehead atoms. The van der Waals surface area contributed by atoms with Crippen molar-refractivity contribution < 1.29 is 18.0 Å². The smallest absolute Gasteiger partial charge is 0.269 e. The molecule has 1 aliphatic heterocycles. The molecule has 13 heteroatoms. The van der Waals surface area contributed by atoms with E-state index in [4.69, 9.17) is 0 Å². The minimum absolute atomic E-state index is 0.256. The fourth-order valence-corrected chi connectivity index (χ4v) is 4.55. The average molecular weight is 485 g/mol. The largest absolute Gasteiger partial charge is 0.372 e. The first-order valence-electron chi connectivity index (χ1n) is 10.7. The van der Waals surface area contributed by atoms with Crippen molar-refractivity contribution in [2.24, 2.45) is 0 Å². The number of hydrogen-bond acceptors (Lipinski definition) is 8. The van der Waals surface area contributed by atoms with Crippen molar-refractivity contribution in [1.82, 2.24) is 31.1 Å². The Balaban J connectivity index is 1.26. The Labute approximate surface area is 196 Å². The van der Waals surface area contributed by atoms with Gasteiger partial charge in [-0.2, -0.15) is 0 Å². The molecule has 2 aromatic carbocycles. The summed E-state index contributed by atoms with van der Waals surface area (Å²) in [4.78, 5) is 26.6. The van der Waals surface area contributed by atoms with Gasteiger partial charge in [-0.25, -0.2) is 13.1 Å². The van der Waals surface area contributed by atoms with E-state index in [1.807, 2.05) is 12.1 Å². The van der Waals surface area contributed by atoms with Crippen molar-refractivity contribution >= 4 is 33.2 Å². The van der Waals surface area contributed by atoms with Gasteiger partial charge in [-0.05, 0) is 78.2 Å². The molecule has 12 nitrogen and oxygen atoms in total. The summed E-state index contributed by atoms with van der Waals surface area (Å²) in [6.45, 7) is 1.97. The van der Waals surface area contributed by atoms with E-state index >= 15 is 0 Å². The number of nitrogens with zero attached hydrogens (tertiary/aromatic N) is 5. The zero-order valence-electron chi connectivity index (χ0n) is 18.2. The maximum atomic E-state index is 12.3. The van der Waals surface area contributed by atoms with Crippen LogP contribution in [0.4, 0.5) is 11.4 Å². The molecule has 0 unspecified atom stereocenters. The minimum Gasteiger partial charge on any atom is -0.372 e. The minimum atomic E-state index is -3.96. The highest BCUT2D eigenvalue weighted by Crippen LogP contribution is 2.22. The molecule has 3 aromatic rings. The number of anilines is 2. The summed E-state index contributed by atoms with van der Waals surface area (Å²) in [5.74, 6) is -2.33. The summed E-state index contributed by atoms with van der Waals surface area (Å²) in [7, 11) is -3.96. The highest BCUT2D eigenvalue weighted by Gasteiger charge is 2.18. The molecule has 0 atom stereocenters. The van der Waals surface area contributed by atoms with Gasteiger partial charge in [0.1, 0.15) is 12.1 Å². The monoisotopic (exact) mass is 484 g/mol. The number of sulfonamides is 1. The van der Waals surface area contributed by atoms with Gasteiger partial charge in [0, 0.05) is 30.0 Å². The molecule has 3 N–H and O–H groups in total. The molecule has 0 radical (unpaired) electrons. The normalized spacial score (nSPS) is 13.8. The third kappa shape index (κ3) is 6.07. The number of hydrogen-bond donors (Lipinski definition) is 3. The number of rotatable bonds is 7. The Morgan fingerprint density at radius 1 is 0.882 bits per heavy atom. The number of hydrazine groups is 1. The van der Waals surface area contributed by atoms with Crippen LogP contribution in [-0.4, -0.2) is 59.3 Å². The quantitative estimate of drug-likeness (QED) is 0.418. The van der Waals surface area contributed by atoms with Crippen LogP contribution >= 0.6 is 0 Å². The van der Waals surface area contributed by atoms with Gasteiger partial charge in [-0.15, -0.1) is 5.10 Å². The third-order valence-corrected chi connectivity index (χ3v) is 6.43.